The van der Waals surface area contributed by atoms with Crippen molar-refractivity contribution in [1.29, 1.82) is 0 Å². The Morgan fingerprint density at radius 2 is 1.91 bits per heavy atom. The van der Waals surface area contributed by atoms with Crippen molar-refractivity contribution in [3.05, 3.63) is 29.8 Å². The molecule has 3 rings (SSSR count). The first kappa shape index (κ1) is 15.3. The molecule has 2 aliphatic rings. The second kappa shape index (κ2) is 5.91. The average molecular weight is 322 g/mol. The first-order chi connectivity index (χ1) is 10.4. The van der Waals surface area contributed by atoms with E-state index in [1.807, 2.05) is 6.92 Å². The van der Waals surface area contributed by atoms with Crippen molar-refractivity contribution in [3.63, 3.8) is 0 Å². The van der Waals surface area contributed by atoms with Crippen LogP contribution in [0.25, 0.3) is 0 Å². The first-order valence-electron chi connectivity index (χ1n) is 7.81. The minimum Gasteiger partial charge on any atom is -0.337 e. The second-order valence-corrected chi connectivity index (χ2v) is 8.25. The summed E-state index contributed by atoms with van der Waals surface area (Å²) in [5, 5.41) is 2.72. The summed E-state index contributed by atoms with van der Waals surface area (Å²) >= 11 is 0. The summed E-state index contributed by atoms with van der Waals surface area (Å²) in [7, 11) is -3.79. The molecule has 5 nitrogen and oxygen atoms in total. The summed E-state index contributed by atoms with van der Waals surface area (Å²) in [4.78, 5) is 12.0. The van der Waals surface area contributed by atoms with Gasteiger partial charge in [0.2, 0.25) is 0 Å². The predicted molar refractivity (Wildman–Crippen MR) is 83.8 cm³/mol. The van der Waals surface area contributed by atoms with Gasteiger partial charge in [-0.1, -0.05) is 24.1 Å². The fourth-order valence-electron chi connectivity index (χ4n) is 3.78. The number of amides is 2. The van der Waals surface area contributed by atoms with Gasteiger partial charge in [0.05, 0.1) is 4.90 Å². The van der Waals surface area contributed by atoms with E-state index in [2.05, 4.69) is 10.0 Å². The van der Waals surface area contributed by atoms with Crippen molar-refractivity contribution >= 4 is 16.1 Å². The molecule has 0 aliphatic heterocycles. The lowest BCUT2D eigenvalue weighted by Crippen LogP contribution is -2.42. The predicted octanol–water partition coefficient (Wildman–Crippen LogP) is 2.42. The number of carbonyl (C=O) groups excluding carboxylic acids is 1. The number of urea groups is 1. The zero-order chi connectivity index (χ0) is 15.7. The van der Waals surface area contributed by atoms with Crippen molar-refractivity contribution in [1.82, 2.24) is 10.0 Å². The molecule has 2 amide bonds. The zero-order valence-corrected chi connectivity index (χ0v) is 13.5. The molecular weight excluding hydrogens is 300 g/mol. The number of benzene rings is 1. The molecule has 2 aliphatic carbocycles. The maximum Gasteiger partial charge on any atom is 0.328 e. The minimum absolute atomic E-state index is 0.105. The maximum atomic E-state index is 12.1. The molecule has 0 aromatic heterocycles. The molecule has 2 fully saturated rings. The number of hydrogen-bond donors (Lipinski definition) is 2. The smallest absolute Gasteiger partial charge is 0.328 e. The molecule has 0 heterocycles. The third-order valence-electron chi connectivity index (χ3n) is 4.97. The van der Waals surface area contributed by atoms with Gasteiger partial charge >= 0.3 is 6.03 Å². The van der Waals surface area contributed by atoms with Gasteiger partial charge in [0, 0.05) is 6.54 Å². The molecular formula is C16H22N2O3S. The van der Waals surface area contributed by atoms with Gasteiger partial charge in [0.25, 0.3) is 10.0 Å². The Morgan fingerprint density at radius 1 is 1.18 bits per heavy atom. The molecule has 3 atom stereocenters. The van der Waals surface area contributed by atoms with Gasteiger partial charge in [-0.3, -0.25) is 0 Å². The third-order valence-corrected chi connectivity index (χ3v) is 6.31. The first-order valence-corrected chi connectivity index (χ1v) is 9.29. The number of rotatable bonds is 4. The Labute approximate surface area is 131 Å². The van der Waals surface area contributed by atoms with Crippen molar-refractivity contribution in [2.24, 2.45) is 17.8 Å². The molecule has 22 heavy (non-hydrogen) atoms. The number of nitrogens with one attached hydrogen (secondary N) is 2. The molecule has 2 bridgehead atoms. The lowest BCUT2D eigenvalue weighted by Gasteiger charge is -2.21. The number of carbonyl (C=O) groups is 1. The van der Waals surface area contributed by atoms with Gasteiger partial charge in [-0.2, -0.15) is 0 Å². The fourth-order valence-corrected chi connectivity index (χ4v) is 4.71. The van der Waals surface area contributed by atoms with E-state index in [1.165, 1.54) is 31.4 Å². The molecule has 120 valence electrons. The van der Waals surface area contributed by atoms with Gasteiger partial charge in [-0.05, 0) is 56.1 Å². The summed E-state index contributed by atoms with van der Waals surface area (Å²) in [6, 6.07) is 5.79. The van der Waals surface area contributed by atoms with Crippen LogP contribution in [0.3, 0.4) is 0 Å². The van der Waals surface area contributed by atoms with Crippen molar-refractivity contribution in [2.75, 3.05) is 6.54 Å². The highest BCUT2D eigenvalue weighted by Gasteiger charge is 2.39. The second-order valence-electron chi connectivity index (χ2n) is 6.56. The molecule has 0 radical (unpaired) electrons. The average Bonchev–Trinajstić information content (AvgIpc) is 3.07. The van der Waals surface area contributed by atoms with E-state index in [0.717, 1.165) is 17.9 Å². The third kappa shape index (κ3) is 3.27. The topological polar surface area (TPSA) is 75.3 Å². The Bertz CT molecular complexity index is 654. The van der Waals surface area contributed by atoms with Crippen LogP contribution in [0.4, 0.5) is 4.79 Å². The van der Waals surface area contributed by atoms with E-state index < -0.39 is 16.1 Å². The van der Waals surface area contributed by atoms with Crippen LogP contribution in [-0.4, -0.2) is 21.0 Å². The van der Waals surface area contributed by atoms with Gasteiger partial charge in [-0.25, -0.2) is 17.9 Å². The van der Waals surface area contributed by atoms with E-state index in [-0.39, 0.29) is 4.90 Å². The fraction of sp³-hybridized carbons (Fsp3) is 0.562. The lowest BCUT2D eigenvalue weighted by molar-refractivity contribution is 0.239. The number of fused-ring (bicyclic) bond motifs is 2. The van der Waals surface area contributed by atoms with E-state index in [9.17, 15) is 13.2 Å². The SMILES string of the molecule is Cc1ccc(S(=O)(=O)NC(=O)NC[C@@H]2C[C@@H]3CC[C@@H]2C3)cc1. The van der Waals surface area contributed by atoms with E-state index in [0.29, 0.717) is 18.4 Å². The van der Waals surface area contributed by atoms with E-state index in [4.69, 9.17) is 0 Å². The normalized spacial score (nSPS) is 26.9. The molecule has 6 heteroatoms. The summed E-state index contributed by atoms with van der Waals surface area (Å²) in [5.41, 5.74) is 0.972. The summed E-state index contributed by atoms with van der Waals surface area (Å²) in [5.74, 6) is 2.03. The number of aryl methyl sites for hydroxylation is 1. The molecule has 0 spiro atoms. The Hall–Kier alpha value is -1.56. The van der Waals surface area contributed by atoms with Gasteiger partial charge in [-0.15, -0.1) is 0 Å². The van der Waals surface area contributed by atoms with Crippen molar-refractivity contribution in [3.8, 4) is 0 Å². The Balaban J connectivity index is 1.53. The summed E-state index contributed by atoms with van der Waals surface area (Å²) < 4.78 is 26.3. The standard InChI is InChI=1S/C16H22N2O3S/c1-11-2-6-15(7-3-11)22(20,21)18-16(19)17-10-14-9-12-4-5-13(14)8-12/h2-3,6-7,12-14H,4-5,8-10H2,1H3,(H2,17,18,19)/t12-,13-,14+/m1/s1. The quantitative estimate of drug-likeness (QED) is 0.894. The highest BCUT2D eigenvalue weighted by atomic mass is 32.2. The molecule has 0 saturated heterocycles. The maximum absolute atomic E-state index is 12.1. The molecule has 1 aromatic rings. The molecule has 0 unspecified atom stereocenters. The number of hydrogen-bond acceptors (Lipinski definition) is 3. The van der Waals surface area contributed by atoms with E-state index in [1.54, 1.807) is 12.1 Å². The minimum atomic E-state index is -3.79. The zero-order valence-electron chi connectivity index (χ0n) is 12.7. The van der Waals surface area contributed by atoms with Gasteiger partial charge in [0.15, 0.2) is 0 Å². The summed E-state index contributed by atoms with van der Waals surface area (Å²) in [6.07, 6.45) is 5.00. The monoisotopic (exact) mass is 322 g/mol. The van der Waals surface area contributed by atoms with Gasteiger partial charge < -0.3 is 5.32 Å². The van der Waals surface area contributed by atoms with Crippen LogP contribution in [0.15, 0.2) is 29.2 Å². The van der Waals surface area contributed by atoms with Crippen molar-refractivity contribution in [2.45, 2.75) is 37.5 Å². The Kier molecular flexibility index (Phi) is 4.12. The molecule has 2 saturated carbocycles. The highest BCUT2D eigenvalue weighted by Crippen LogP contribution is 2.47. The van der Waals surface area contributed by atoms with Crippen LogP contribution in [0, 0.1) is 24.7 Å². The van der Waals surface area contributed by atoms with E-state index >= 15 is 0 Å². The van der Waals surface area contributed by atoms with Gasteiger partial charge in [0.1, 0.15) is 0 Å². The van der Waals surface area contributed by atoms with Crippen LogP contribution in [0.5, 0.6) is 0 Å². The number of sulfonamides is 1. The van der Waals surface area contributed by atoms with Crippen LogP contribution in [0.1, 0.15) is 31.2 Å². The lowest BCUT2D eigenvalue weighted by atomic mass is 9.89. The largest absolute Gasteiger partial charge is 0.337 e. The summed E-state index contributed by atoms with van der Waals surface area (Å²) in [6.45, 7) is 2.45. The van der Waals surface area contributed by atoms with Crippen LogP contribution in [-0.2, 0) is 10.0 Å². The van der Waals surface area contributed by atoms with Crippen molar-refractivity contribution < 1.29 is 13.2 Å². The highest BCUT2D eigenvalue weighted by molar-refractivity contribution is 7.90. The van der Waals surface area contributed by atoms with Crippen LogP contribution >= 0.6 is 0 Å². The molecule has 1 aromatic carbocycles. The molecule has 2 N–H and O–H groups in total. The van der Waals surface area contributed by atoms with Crippen LogP contribution < -0.4 is 10.0 Å². The Morgan fingerprint density at radius 3 is 2.50 bits per heavy atom. The van der Waals surface area contributed by atoms with Crippen LogP contribution in [0.2, 0.25) is 0 Å².